The maximum Gasteiger partial charge on any atom is 0.178 e. The average Bonchev–Trinajstić information content (AvgIpc) is 2.26. The van der Waals surface area contributed by atoms with Crippen LogP contribution < -0.4 is 4.90 Å². The summed E-state index contributed by atoms with van der Waals surface area (Å²) in [5, 5.41) is 0. The van der Waals surface area contributed by atoms with Crippen molar-refractivity contribution >= 4 is 11.5 Å². The minimum Gasteiger partial charge on any atom is -0.373 e. The summed E-state index contributed by atoms with van der Waals surface area (Å²) >= 11 is 0. The van der Waals surface area contributed by atoms with Gasteiger partial charge in [0.1, 0.15) is 5.69 Å². The Bertz CT molecular complexity index is 319. The van der Waals surface area contributed by atoms with Crippen molar-refractivity contribution in [1.29, 1.82) is 0 Å². The van der Waals surface area contributed by atoms with Crippen molar-refractivity contribution in [3.8, 4) is 0 Å². The zero-order valence-corrected chi connectivity index (χ0v) is 9.66. The van der Waals surface area contributed by atoms with Gasteiger partial charge >= 0.3 is 0 Å². The summed E-state index contributed by atoms with van der Waals surface area (Å²) in [6.45, 7) is 4.73. The lowest BCUT2D eigenvalue weighted by Gasteiger charge is -2.18. The fraction of sp³-hybridized carbons (Fsp3) is 0.500. The summed E-state index contributed by atoms with van der Waals surface area (Å²) < 4.78 is 0. The van der Waals surface area contributed by atoms with Crippen molar-refractivity contribution in [2.75, 3.05) is 18.5 Å². The molecule has 0 aliphatic carbocycles. The van der Waals surface area contributed by atoms with Crippen molar-refractivity contribution in [2.45, 2.75) is 26.7 Å². The maximum atomic E-state index is 11.0. The lowest BCUT2D eigenvalue weighted by Crippen LogP contribution is -2.18. The molecule has 0 unspecified atom stereocenters. The molecule has 3 nitrogen and oxygen atoms in total. The second kappa shape index (κ2) is 5.49. The van der Waals surface area contributed by atoms with Crippen molar-refractivity contribution < 1.29 is 4.79 Å². The number of aromatic nitrogens is 1. The van der Waals surface area contributed by atoms with Crippen LogP contribution in [0.4, 0.5) is 5.69 Å². The van der Waals surface area contributed by atoms with Crippen molar-refractivity contribution in [3.05, 3.63) is 24.0 Å². The molecule has 3 heteroatoms. The molecule has 0 saturated heterocycles. The first-order chi connectivity index (χ1) is 7.15. The van der Waals surface area contributed by atoms with Gasteiger partial charge in [0.2, 0.25) is 0 Å². The Hall–Kier alpha value is -1.38. The van der Waals surface area contributed by atoms with Gasteiger partial charge in [0, 0.05) is 20.5 Å². The number of ketones is 1. The number of hydrogen-bond acceptors (Lipinski definition) is 3. The van der Waals surface area contributed by atoms with E-state index in [1.165, 1.54) is 19.8 Å². The first-order valence-corrected chi connectivity index (χ1v) is 5.33. The third-order valence-corrected chi connectivity index (χ3v) is 2.40. The van der Waals surface area contributed by atoms with Gasteiger partial charge in [0.15, 0.2) is 5.78 Å². The van der Waals surface area contributed by atoms with E-state index in [4.69, 9.17) is 0 Å². The van der Waals surface area contributed by atoms with Gasteiger partial charge < -0.3 is 4.90 Å². The van der Waals surface area contributed by atoms with Crippen LogP contribution in [0.2, 0.25) is 0 Å². The molecule has 0 spiro atoms. The van der Waals surface area contributed by atoms with Crippen molar-refractivity contribution in [3.63, 3.8) is 0 Å². The molecule has 0 atom stereocenters. The number of carbonyl (C=O) groups is 1. The van der Waals surface area contributed by atoms with Gasteiger partial charge in [-0.05, 0) is 18.6 Å². The predicted octanol–water partition coefficient (Wildman–Crippen LogP) is 2.52. The maximum absolute atomic E-state index is 11.0. The van der Waals surface area contributed by atoms with E-state index in [1.54, 1.807) is 12.3 Å². The monoisotopic (exact) mass is 206 g/mol. The Morgan fingerprint density at radius 1 is 1.47 bits per heavy atom. The van der Waals surface area contributed by atoms with E-state index < -0.39 is 0 Å². The zero-order valence-electron chi connectivity index (χ0n) is 9.66. The molecule has 0 N–H and O–H groups in total. The molecule has 1 rings (SSSR count). The van der Waals surface area contributed by atoms with E-state index >= 15 is 0 Å². The fourth-order valence-corrected chi connectivity index (χ4v) is 1.34. The summed E-state index contributed by atoms with van der Waals surface area (Å²) in [4.78, 5) is 17.3. The summed E-state index contributed by atoms with van der Waals surface area (Å²) in [5.41, 5.74) is 1.59. The van der Waals surface area contributed by atoms with Gasteiger partial charge in [-0.3, -0.25) is 9.78 Å². The molecular formula is C12H18N2O. The highest BCUT2D eigenvalue weighted by molar-refractivity contribution is 5.92. The molecule has 0 amide bonds. The average molecular weight is 206 g/mol. The molecule has 1 aromatic rings. The molecule has 0 fully saturated rings. The molecule has 0 radical (unpaired) electrons. The van der Waals surface area contributed by atoms with E-state index in [1.807, 2.05) is 13.1 Å². The van der Waals surface area contributed by atoms with Crippen LogP contribution in [0, 0.1) is 0 Å². The number of nitrogens with zero attached hydrogens (tertiary/aromatic N) is 2. The van der Waals surface area contributed by atoms with Crippen LogP contribution in [0.25, 0.3) is 0 Å². The number of unbranched alkanes of at least 4 members (excludes halogenated alkanes) is 1. The molecule has 1 aromatic heterocycles. The summed E-state index contributed by atoms with van der Waals surface area (Å²) in [5.74, 6) is 0.0118. The van der Waals surface area contributed by atoms with Gasteiger partial charge in [-0.15, -0.1) is 0 Å². The third-order valence-electron chi connectivity index (χ3n) is 2.40. The Morgan fingerprint density at radius 3 is 2.67 bits per heavy atom. The van der Waals surface area contributed by atoms with Crippen LogP contribution in [0.1, 0.15) is 37.2 Å². The Kier molecular flexibility index (Phi) is 4.28. The number of pyridine rings is 1. The number of Topliss-reactive ketones (excluding diaryl/α,β-unsaturated/α-hetero) is 1. The number of carbonyl (C=O) groups excluding carboxylic acids is 1. The minimum absolute atomic E-state index is 0.0118. The van der Waals surface area contributed by atoms with E-state index in [9.17, 15) is 4.79 Å². The van der Waals surface area contributed by atoms with Gasteiger partial charge in [-0.25, -0.2) is 0 Å². The van der Waals surface area contributed by atoms with Crippen LogP contribution in [0.3, 0.4) is 0 Å². The smallest absolute Gasteiger partial charge is 0.178 e. The van der Waals surface area contributed by atoms with Gasteiger partial charge in [0.25, 0.3) is 0 Å². The second-order valence-electron chi connectivity index (χ2n) is 3.73. The molecule has 0 saturated carbocycles. The summed E-state index contributed by atoms with van der Waals surface area (Å²) in [6, 6.07) is 3.72. The Labute approximate surface area is 91.1 Å². The molecule has 0 aromatic carbocycles. The SMILES string of the molecule is CCCCN(C)c1ccc(C(C)=O)nc1. The van der Waals surface area contributed by atoms with Gasteiger partial charge in [-0.2, -0.15) is 0 Å². The number of hydrogen-bond donors (Lipinski definition) is 0. The van der Waals surface area contributed by atoms with Crippen LogP contribution in [-0.4, -0.2) is 24.4 Å². The number of rotatable bonds is 5. The largest absolute Gasteiger partial charge is 0.373 e. The predicted molar refractivity (Wildman–Crippen MR) is 62.4 cm³/mol. The van der Waals surface area contributed by atoms with Crippen LogP contribution in [-0.2, 0) is 0 Å². The summed E-state index contributed by atoms with van der Waals surface area (Å²) in [6.07, 6.45) is 4.11. The molecule has 0 aliphatic heterocycles. The highest BCUT2D eigenvalue weighted by Gasteiger charge is 2.03. The first kappa shape index (κ1) is 11.7. The molecule has 1 heterocycles. The quantitative estimate of drug-likeness (QED) is 0.694. The highest BCUT2D eigenvalue weighted by atomic mass is 16.1. The normalized spacial score (nSPS) is 10.1. The van der Waals surface area contributed by atoms with Crippen molar-refractivity contribution in [2.24, 2.45) is 0 Å². The van der Waals surface area contributed by atoms with E-state index in [-0.39, 0.29) is 5.78 Å². The van der Waals surface area contributed by atoms with Crippen LogP contribution in [0.15, 0.2) is 18.3 Å². The first-order valence-electron chi connectivity index (χ1n) is 5.33. The van der Waals surface area contributed by atoms with Gasteiger partial charge in [-0.1, -0.05) is 13.3 Å². The molecular weight excluding hydrogens is 188 g/mol. The minimum atomic E-state index is 0.0118. The van der Waals surface area contributed by atoms with Crippen LogP contribution >= 0.6 is 0 Å². The molecule has 15 heavy (non-hydrogen) atoms. The van der Waals surface area contributed by atoms with E-state index in [2.05, 4.69) is 16.8 Å². The molecule has 82 valence electrons. The van der Waals surface area contributed by atoms with E-state index in [0.717, 1.165) is 12.2 Å². The zero-order chi connectivity index (χ0) is 11.3. The second-order valence-corrected chi connectivity index (χ2v) is 3.73. The Balaban J connectivity index is 2.66. The van der Waals surface area contributed by atoms with E-state index in [0.29, 0.717) is 5.69 Å². The highest BCUT2D eigenvalue weighted by Crippen LogP contribution is 2.12. The third kappa shape index (κ3) is 3.35. The molecule has 0 bridgehead atoms. The topological polar surface area (TPSA) is 33.2 Å². The Morgan fingerprint density at radius 2 is 2.20 bits per heavy atom. The van der Waals surface area contributed by atoms with Crippen molar-refractivity contribution in [1.82, 2.24) is 4.98 Å². The van der Waals surface area contributed by atoms with Gasteiger partial charge in [0.05, 0.1) is 11.9 Å². The fourth-order valence-electron chi connectivity index (χ4n) is 1.34. The lowest BCUT2D eigenvalue weighted by molar-refractivity contribution is 0.101. The standard InChI is InChI=1S/C12H18N2O/c1-4-5-8-14(3)11-6-7-12(10(2)15)13-9-11/h6-7,9H,4-5,8H2,1-3H3. The van der Waals surface area contributed by atoms with Crippen LogP contribution in [0.5, 0.6) is 0 Å². The number of anilines is 1. The molecule has 0 aliphatic rings. The summed E-state index contributed by atoms with van der Waals surface area (Å²) in [7, 11) is 2.04. The lowest BCUT2D eigenvalue weighted by atomic mass is 10.2.